The van der Waals surface area contributed by atoms with E-state index in [2.05, 4.69) is 5.92 Å². The molecule has 0 bridgehead atoms. The Bertz CT molecular complexity index is 608. The summed E-state index contributed by atoms with van der Waals surface area (Å²) < 4.78 is 0. The van der Waals surface area contributed by atoms with Crippen LogP contribution in [0.15, 0.2) is 42.5 Å². The molecule has 2 rings (SSSR count). The number of carboxylic acid groups (broad SMARTS) is 1. The largest absolute Gasteiger partial charge is 0.481 e. The SMILES string of the molecule is C#CC[C@@H](Cc1ccc2ccccc2c1)C(=O)O. The minimum atomic E-state index is -0.832. The molecule has 2 aromatic carbocycles. The fraction of sp³-hybridized carbons (Fsp3) is 0.188. The molecule has 2 aromatic rings. The summed E-state index contributed by atoms with van der Waals surface area (Å²) in [6.45, 7) is 0. The van der Waals surface area contributed by atoms with Crippen molar-refractivity contribution in [2.75, 3.05) is 0 Å². The van der Waals surface area contributed by atoms with Crippen LogP contribution in [-0.2, 0) is 11.2 Å². The molecule has 90 valence electrons. The Morgan fingerprint density at radius 1 is 1.22 bits per heavy atom. The smallest absolute Gasteiger partial charge is 0.307 e. The average molecular weight is 238 g/mol. The third kappa shape index (κ3) is 2.70. The van der Waals surface area contributed by atoms with Gasteiger partial charge in [-0.05, 0) is 22.8 Å². The van der Waals surface area contributed by atoms with Crippen molar-refractivity contribution in [2.24, 2.45) is 5.92 Å². The molecule has 0 fully saturated rings. The van der Waals surface area contributed by atoms with Gasteiger partial charge in [-0.3, -0.25) is 4.79 Å². The Morgan fingerprint density at radius 3 is 2.61 bits per heavy atom. The van der Waals surface area contributed by atoms with Gasteiger partial charge in [-0.1, -0.05) is 42.5 Å². The molecule has 0 radical (unpaired) electrons. The van der Waals surface area contributed by atoms with E-state index in [4.69, 9.17) is 11.5 Å². The molecular formula is C16H14O2. The zero-order chi connectivity index (χ0) is 13.0. The van der Waals surface area contributed by atoms with Gasteiger partial charge in [-0.15, -0.1) is 12.3 Å². The maximum Gasteiger partial charge on any atom is 0.307 e. The number of aliphatic carboxylic acids is 1. The number of fused-ring (bicyclic) bond motifs is 1. The van der Waals surface area contributed by atoms with Crippen molar-refractivity contribution in [2.45, 2.75) is 12.8 Å². The maximum absolute atomic E-state index is 11.1. The van der Waals surface area contributed by atoms with Gasteiger partial charge in [0.05, 0.1) is 5.92 Å². The summed E-state index contributed by atoms with van der Waals surface area (Å²) in [6, 6.07) is 14.0. The summed E-state index contributed by atoms with van der Waals surface area (Å²) >= 11 is 0. The highest BCUT2D eigenvalue weighted by molar-refractivity contribution is 5.83. The van der Waals surface area contributed by atoms with Crippen LogP contribution in [0.3, 0.4) is 0 Å². The van der Waals surface area contributed by atoms with E-state index in [1.165, 1.54) is 0 Å². The Hall–Kier alpha value is -2.27. The van der Waals surface area contributed by atoms with Crippen LogP contribution >= 0.6 is 0 Å². The van der Waals surface area contributed by atoms with E-state index in [1.807, 2.05) is 42.5 Å². The Labute approximate surface area is 106 Å². The monoisotopic (exact) mass is 238 g/mol. The lowest BCUT2D eigenvalue weighted by Gasteiger charge is -2.09. The molecule has 0 unspecified atom stereocenters. The molecule has 0 saturated heterocycles. The lowest BCUT2D eigenvalue weighted by Crippen LogP contribution is -2.15. The molecule has 0 saturated carbocycles. The number of terminal acetylenes is 1. The molecule has 2 nitrogen and oxygen atoms in total. The van der Waals surface area contributed by atoms with Gasteiger partial charge in [0, 0.05) is 6.42 Å². The Kier molecular flexibility index (Phi) is 3.64. The van der Waals surface area contributed by atoms with Crippen LogP contribution in [0.2, 0.25) is 0 Å². The first-order chi connectivity index (χ1) is 8.70. The summed E-state index contributed by atoms with van der Waals surface area (Å²) in [5, 5.41) is 11.4. The predicted molar refractivity (Wildman–Crippen MR) is 72.2 cm³/mol. The highest BCUT2D eigenvalue weighted by Crippen LogP contribution is 2.19. The quantitative estimate of drug-likeness (QED) is 0.831. The van der Waals surface area contributed by atoms with Gasteiger partial charge in [0.15, 0.2) is 0 Å². The topological polar surface area (TPSA) is 37.3 Å². The predicted octanol–water partition coefficient (Wildman–Crippen LogP) is 3.11. The van der Waals surface area contributed by atoms with E-state index in [0.717, 1.165) is 16.3 Å². The Balaban J connectivity index is 2.26. The van der Waals surface area contributed by atoms with E-state index >= 15 is 0 Å². The summed E-state index contributed by atoms with van der Waals surface area (Å²) in [7, 11) is 0. The van der Waals surface area contributed by atoms with E-state index in [1.54, 1.807) is 0 Å². The van der Waals surface area contributed by atoms with Crippen LogP contribution in [0.1, 0.15) is 12.0 Å². The molecule has 0 aliphatic carbocycles. The Morgan fingerprint density at radius 2 is 1.94 bits per heavy atom. The van der Waals surface area contributed by atoms with Crippen LogP contribution in [0.4, 0.5) is 0 Å². The zero-order valence-corrected chi connectivity index (χ0v) is 9.97. The zero-order valence-electron chi connectivity index (χ0n) is 9.97. The number of carboxylic acids is 1. The van der Waals surface area contributed by atoms with Crippen molar-refractivity contribution in [1.82, 2.24) is 0 Å². The van der Waals surface area contributed by atoms with Gasteiger partial charge in [-0.2, -0.15) is 0 Å². The first-order valence-electron chi connectivity index (χ1n) is 5.84. The van der Waals surface area contributed by atoms with Crippen molar-refractivity contribution < 1.29 is 9.90 Å². The van der Waals surface area contributed by atoms with E-state index in [0.29, 0.717) is 6.42 Å². The summed E-state index contributed by atoms with van der Waals surface area (Å²) in [4.78, 5) is 11.1. The molecule has 0 aliphatic rings. The molecule has 0 spiro atoms. The third-order valence-corrected chi connectivity index (χ3v) is 3.01. The highest BCUT2D eigenvalue weighted by Gasteiger charge is 2.16. The second-order valence-electron chi connectivity index (χ2n) is 4.33. The van der Waals surface area contributed by atoms with Crippen molar-refractivity contribution in [3.63, 3.8) is 0 Å². The molecule has 0 aromatic heterocycles. The summed E-state index contributed by atoms with van der Waals surface area (Å²) in [5.74, 6) is 1.09. The van der Waals surface area contributed by atoms with E-state index in [-0.39, 0.29) is 6.42 Å². The van der Waals surface area contributed by atoms with Crippen LogP contribution in [-0.4, -0.2) is 11.1 Å². The first-order valence-corrected chi connectivity index (χ1v) is 5.84. The second-order valence-corrected chi connectivity index (χ2v) is 4.33. The fourth-order valence-electron chi connectivity index (χ4n) is 2.04. The van der Waals surface area contributed by atoms with E-state index < -0.39 is 11.9 Å². The molecular weight excluding hydrogens is 224 g/mol. The molecule has 18 heavy (non-hydrogen) atoms. The van der Waals surface area contributed by atoms with Gasteiger partial charge in [0.1, 0.15) is 0 Å². The lowest BCUT2D eigenvalue weighted by atomic mass is 9.95. The number of benzene rings is 2. The number of hydrogen-bond donors (Lipinski definition) is 1. The number of hydrogen-bond acceptors (Lipinski definition) is 1. The third-order valence-electron chi connectivity index (χ3n) is 3.01. The van der Waals surface area contributed by atoms with Crippen molar-refractivity contribution >= 4 is 16.7 Å². The number of rotatable bonds is 4. The normalized spacial score (nSPS) is 11.9. The van der Waals surface area contributed by atoms with Crippen LogP contribution in [0.25, 0.3) is 10.8 Å². The van der Waals surface area contributed by atoms with Crippen LogP contribution in [0, 0.1) is 18.3 Å². The summed E-state index contributed by atoms with van der Waals surface area (Å²) in [5.41, 5.74) is 1.01. The van der Waals surface area contributed by atoms with Gasteiger partial charge in [-0.25, -0.2) is 0 Å². The standard InChI is InChI=1S/C16H14O2/c1-2-5-15(16(17)18)11-12-8-9-13-6-3-4-7-14(13)10-12/h1,3-4,6-10,15H,5,11H2,(H,17,18)/t15-/m0/s1. The second kappa shape index (κ2) is 5.37. The molecule has 0 amide bonds. The average Bonchev–Trinajstić information content (AvgIpc) is 2.38. The van der Waals surface area contributed by atoms with Crippen LogP contribution < -0.4 is 0 Å². The van der Waals surface area contributed by atoms with Gasteiger partial charge >= 0.3 is 5.97 Å². The molecule has 2 heteroatoms. The molecule has 1 N–H and O–H groups in total. The highest BCUT2D eigenvalue weighted by atomic mass is 16.4. The van der Waals surface area contributed by atoms with Gasteiger partial charge in [0.25, 0.3) is 0 Å². The molecule has 1 atom stereocenters. The lowest BCUT2D eigenvalue weighted by molar-refractivity contribution is -0.141. The summed E-state index contributed by atoms with van der Waals surface area (Å²) in [6.07, 6.45) is 5.94. The maximum atomic E-state index is 11.1. The van der Waals surface area contributed by atoms with E-state index in [9.17, 15) is 4.79 Å². The molecule has 0 heterocycles. The van der Waals surface area contributed by atoms with Crippen molar-refractivity contribution in [1.29, 1.82) is 0 Å². The fourth-order valence-corrected chi connectivity index (χ4v) is 2.04. The van der Waals surface area contributed by atoms with Crippen molar-refractivity contribution in [3.8, 4) is 12.3 Å². The minimum Gasteiger partial charge on any atom is -0.481 e. The van der Waals surface area contributed by atoms with Gasteiger partial charge < -0.3 is 5.11 Å². The molecule has 0 aliphatic heterocycles. The van der Waals surface area contributed by atoms with Crippen LogP contribution in [0.5, 0.6) is 0 Å². The first kappa shape index (κ1) is 12.2. The van der Waals surface area contributed by atoms with Gasteiger partial charge in [0.2, 0.25) is 0 Å². The number of carbonyl (C=O) groups is 1. The minimum absolute atomic E-state index is 0.266. The van der Waals surface area contributed by atoms with Crippen molar-refractivity contribution in [3.05, 3.63) is 48.0 Å².